The first-order chi connectivity index (χ1) is 9.83. The lowest BCUT2D eigenvalue weighted by Gasteiger charge is -2.17. The maximum Gasteiger partial charge on any atom is 0.243 e. The molecule has 0 unspecified atom stereocenters. The number of benzene rings is 1. The summed E-state index contributed by atoms with van der Waals surface area (Å²) >= 11 is 0. The fraction of sp³-hybridized carbons (Fsp3) is 0.500. The fourth-order valence-corrected chi connectivity index (χ4v) is 2.88. The van der Waals surface area contributed by atoms with Crippen molar-refractivity contribution in [2.75, 3.05) is 0 Å². The Kier molecular flexibility index (Phi) is 4.11. The summed E-state index contributed by atoms with van der Waals surface area (Å²) in [5.74, 6) is 1.88. The molecule has 106 valence electrons. The van der Waals surface area contributed by atoms with Gasteiger partial charge in [0.25, 0.3) is 0 Å². The second-order valence-corrected chi connectivity index (χ2v) is 5.62. The van der Waals surface area contributed by atoms with Crippen LogP contribution in [-0.4, -0.2) is 10.1 Å². The predicted octanol–water partition coefficient (Wildman–Crippen LogP) is 3.36. The smallest absolute Gasteiger partial charge is 0.243 e. The van der Waals surface area contributed by atoms with Crippen LogP contribution in [0.1, 0.15) is 61.3 Å². The Labute approximate surface area is 119 Å². The van der Waals surface area contributed by atoms with E-state index in [4.69, 9.17) is 10.3 Å². The zero-order valence-corrected chi connectivity index (χ0v) is 11.7. The summed E-state index contributed by atoms with van der Waals surface area (Å²) in [6.07, 6.45) is 6.94. The van der Waals surface area contributed by atoms with Crippen molar-refractivity contribution < 1.29 is 4.52 Å². The van der Waals surface area contributed by atoms with Crippen molar-refractivity contribution in [1.82, 2.24) is 10.1 Å². The van der Waals surface area contributed by atoms with Crippen LogP contribution in [0.15, 0.2) is 34.9 Å². The van der Waals surface area contributed by atoms with Gasteiger partial charge in [-0.2, -0.15) is 4.98 Å². The van der Waals surface area contributed by atoms with E-state index in [0.29, 0.717) is 11.8 Å². The molecular weight excluding hydrogens is 250 g/mol. The van der Waals surface area contributed by atoms with Gasteiger partial charge in [0.15, 0.2) is 5.82 Å². The van der Waals surface area contributed by atoms with Gasteiger partial charge in [-0.15, -0.1) is 0 Å². The molecule has 3 rings (SSSR count). The molecule has 2 aromatic rings. The minimum atomic E-state index is -0.220. The first-order valence-electron chi connectivity index (χ1n) is 7.46. The molecule has 0 amide bonds. The van der Waals surface area contributed by atoms with Crippen LogP contribution in [0.3, 0.4) is 0 Å². The summed E-state index contributed by atoms with van der Waals surface area (Å²) < 4.78 is 5.37. The van der Waals surface area contributed by atoms with Crippen molar-refractivity contribution in [3.63, 3.8) is 0 Å². The summed E-state index contributed by atoms with van der Waals surface area (Å²) in [4.78, 5) is 4.53. The van der Waals surface area contributed by atoms with Crippen molar-refractivity contribution in [3.05, 3.63) is 47.6 Å². The van der Waals surface area contributed by atoms with Gasteiger partial charge in [-0.1, -0.05) is 54.8 Å². The van der Waals surface area contributed by atoms with Crippen LogP contribution < -0.4 is 5.73 Å². The van der Waals surface area contributed by atoms with Crippen LogP contribution in [0.5, 0.6) is 0 Å². The molecule has 1 saturated carbocycles. The molecular formula is C16H21N3O. The van der Waals surface area contributed by atoms with E-state index >= 15 is 0 Å². The standard InChI is InChI=1S/C16H21N3O/c17-14(11-12-7-3-1-4-8-12)16-18-15(19-20-16)13-9-5-2-6-10-13/h1,3-4,7-8,13-14H,2,5-6,9-11,17H2/t14-/m0/s1. The average Bonchev–Trinajstić information content (AvgIpc) is 2.99. The van der Waals surface area contributed by atoms with Crippen LogP contribution in [0.2, 0.25) is 0 Å². The van der Waals surface area contributed by atoms with E-state index in [9.17, 15) is 0 Å². The number of nitrogens with zero attached hydrogens (tertiary/aromatic N) is 2. The third-order valence-electron chi connectivity index (χ3n) is 4.04. The highest BCUT2D eigenvalue weighted by molar-refractivity contribution is 5.16. The molecule has 4 heteroatoms. The van der Waals surface area contributed by atoms with Crippen LogP contribution in [-0.2, 0) is 6.42 Å². The first-order valence-corrected chi connectivity index (χ1v) is 7.46. The Morgan fingerprint density at radius 2 is 1.90 bits per heavy atom. The minimum Gasteiger partial charge on any atom is -0.338 e. The van der Waals surface area contributed by atoms with Gasteiger partial charge in [-0.25, -0.2) is 0 Å². The highest BCUT2D eigenvalue weighted by atomic mass is 16.5. The Morgan fingerprint density at radius 3 is 2.65 bits per heavy atom. The van der Waals surface area contributed by atoms with E-state index in [0.717, 1.165) is 12.2 Å². The lowest BCUT2D eigenvalue weighted by atomic mass is 9.89. The van der Waals surface area contributed by atoms with E-state index in [-0.39, 0.29) is 6.04 Å². The van der Waals surface area contributed by atoms with Gasteiger partial charge in [-0.05, 0) is 24.8 Å². The van der Waals surface area contributed by atoms with E-state index in [1.165, 1.54) is 37.7 Å². The van der Waals surface area contributed by atoms with Crippen LogP contribution in [0.4, 0.5) is 0 Å². The molecule has 0 spiro atoms. The molecule has 2 N–H and O–H groups in total. The van der Waals surface area contributed by atoms with Crippen molar-refractivity contribution >= 4 is 0 Å². The molecule has 1 aliphatic carbocycles. The molecule has 1 atom stereocenters. The van der Waals surface area contributed by atoms with Gasteiger partial charge >= 0.3 is 0 Å². The molecule has 20 heavy (non-hydrogen) atoms. The van der Waals surface area contributed by atoms with Gasteiger partial charge in [0.1, 0.15) is 0 Å². The Balaban J connectivity index is 1.66. The molecule has 1 heterocycles. The van der Waals surface area contributed by atoms with E-state index in [1.807, 2.05) is 18.2 Å². The SMILES string of the molecule is N[C@@H](Cc1ccccc1)c1nc(C2CCCCC2)no1. The van der Waals surface area contributed by atoms with E-state index in [2.05, 4.69) is 22.3 Å². The molecule has 0 aliphatic heterocycles. The summed E-state index contributed by atoms with van der Waals surface area (Å²) in [6, 6.07) is 9.95. The number of aromatic nitrogens is 2. The first kappa shape index (κ1) is 13.3. The predicted molar refractivity (Wildman–Crippen MR) is 77.2 cm³/mol. The molecule has 0 radical (unpaired) electrons. The third-order valence-corrected chi connectivity index (χ3v) is 4.04. The molecule has 4 nitrogen and oxygen atoms in total. The number of hydrogen-bond donors (Lipinski definition) is 1. The normalized spacial score (nSPS) is 18.1. The quantitative estimate of drug-likeness (QED) is 0.926. The molecule has 0 bridgehead atoms. The summed E-state index contributed by atoms with van der Waals surface area (Å²) in [5.41, 5.74) is 7.37. The highest BCUT2D eigenvalue weighted by Gasteiger charge is 2.22. The fourth-order valence-electron chi connectivity index (χ4n) is 2.88. The van der Waals surface area contributed by atoms with Crippen molar-refractivity contribution in [3.8, 4) is 0 Å². The second kappa shape index (κ2) is 6.18. The van der Waals surface area contributed by atoms with Crippen LogP contribution in [0.25, 0.3) is 0 Å². The van der Waals surface area contributed by atoms with E-state index in [1.54, 1.807) is 0 Å². The topological polar surface area (TPSA) is 64.9 Å². The lowest BCUT2D eigenvalue weighted by Crippen LogP contribution is -2.14. The second-order valence-electron chi connectivity index (χ2n) is 5.62. The largest absolute Gasteiger partial charge is 0.338 e. The van der Waals surface area contributed by atoms with Gasteiger partial charge in [0.05, 0.1) is 6.04 Å². The maximum absolute atomic E-state index is 6.17. The van der Waals surface area contributed by atoms with E-state index < -0.39 is 0 Å². The molecule has 0 saturated heterocycles. The number of rotatable bonds is 4. The van der Waals surface area contributed by atoms with Crippen molar-refractivity contribution in [2.24, 2.45) is 5.73 Å². The Hall–Kier alpha value is -1.68. The number of nitrogens with two attached hydrogens (primary N) is 1. The van der Waals surface area contributed by atoms with Crippen LogP contribution >= 0.6 is 0 Å². The maximum atomic E-state index is 6.17. The van der Waals surface area contributed by atoms with Gasteiger partial charge in [0, 0.05) is 5.92 Å². The third kappa shape index (κ3) is 3.07. The Bertz CT molecular complexity index is 532. The molecule has 1 aliphatic rings. The Morgan fingerprint density at radius 1 is 1.15 bits per heavy atom. The lowest BCUT2D eigenvalue weighted by molar-refractivity contribution is 0.341. The summed E-state index contributed by atoms with van der Waals surface area (Å²) in [6.45, 7) is 0. The van der Waals surface area contributed by atoms with Gasteiger partial charge in [0.2, 0.25) is 5.89 Å². The molecule has 1 fully saturated rings. The van der Waals surface area contributed by atoms with Crippen molar-refractivity contribution in [1.29, 1.82) is 0 Å². The average molecular weight is 271 g/mol. The monoisotopic (exact) mass is 271 g/mol. The van der Waals surface area contributed by atoms with Crippen LogP contribution in [0, 0.1) is 0 Å². The van der Waals surface area contributed by atoms with Gasteiger partial charge in [-0.3, -0.25) is 0 Å². The highest BCUT2D eigenvalue weighted by Crippen LogP contribution is 2.31. The molecule has 1 aromatic heterocycles. The zero-order valence-electron chi connectivity index (χ0n) is 11.7. The molecule has 1 aromatic carbocycles. The zero-order chi connectivity index (χ0) is 13.8. The minimum absolute atomic E-state index is 0.220. The summed E-state index contributed by atoms with van der Waals surface area (Å²) in [7, 11) is 0. The summed E-state index contributed by atoms with van der Waals surface area (Å²) in [5, 5.41) is 4.14. The van der Waals surface area contributed by atoms with Gasteiger partial charge < -0.3 is 10.3 Å². The van der Waals surface area contributed by atoms with Crippen molar-refractivity contribution in [2.45, 2.75) is 50.5 Å². The number of hydrogen-bond acceptors (Lipinski definition) is 4.